The first kappa shape index (κ1) is 10.2. The van der Waals surface area contributed by atoms with Crippen LogP contribution in [-0.2, 0) is 6.42 Å². The Morgan fingerprint density at radius 1 is 1.00 bits per heavy atom. The summed E-state index contributed by atoms with van der Waals surface area (Å²) in [6, 6.07) is 11.2. The van der Waals surface area contributed by atoms with Gasteiger partial charge in [0.1, 0.15) is 5.82 Å². The van der Waals surface area contributed by atoms with Crippen molar-refractivity contribution in [3.63, 3.8) is 0 Å². The predicted molar refractivity (Wildman–Crippen MR) is 62.4 cm³/mol. The van der Waals surface area contributed by atoms with Crippen molar-refractivity contribution in [2.24, 2.45) is 5.92 Å². The van der Waals surface area contributed by atoms with Crippen molar-refractivity contribution in [1.82, 2.24) is 0 Å². The van der Waals surface area contributed by atoms with E-state index in [1.54, 1.807) is 6.07 Å². The molecule has 0 radical (unpaired) electrons. The highest BCUT2D eigenvalue weighted by molar-refractivity contribution is 5.86. The number of halogens is 1. The maximum absolute atomic E-state index is 13.5. The number of hydrogen-bond acceptors (Lipinski definition) is 0. The van der Waals surface area contributed by atoms with Crippen LogP contribution in [0.4, 0.5) is 4.39 Å². The van der Waals surface area contributed by atoms with Gasteiger partial charge in [-0.25, -0.2) is 4.39 Å². The summed E-state index contributed by atoms with van der Waals surface area (Å²) in [5, 5.41) is 1.78. The largest absolute Gasteiger partial charge is 0.206 e. The first-order valence-electron chi connectivity index (χ1n) is 5.34. The lowest BCUT2D eigenvalue weighted by Crippen LogP contribution is -1.95. The fourth-order valence-corrected chi connectivity index (χ4v) is 1.94. The Kier molecular flexibility index (Phi) is 2.72. The molecule has 0 aliphatic heterocycles. The molecule has 0 aliphatic rings. The lowest BCUT2D eigenvalue weighted by atomic mass is 9.97. The average Bonchev–Trinajstić information content (AvgIpc) is 2.22. The minimum absolute atomic E-state index is 0.127. The SMILES string of the molecule is CC(C)Cc1ccc(F)c2ccccc12. The van der Waals surface area contributed by atoms with Crippen LogP contribution in [0.5, 0.6) is 0 Å². The van der Waals surface area contributed by atoms with Crippen molar-refractivity contribution in [2.45, 2.75) is 20.3 Å². The van der Waals surface area contributed by atoms with E-state index in [1.807, 2.05) is 30.3 Å². The van der Waals surface area contributed by atoms with Crippen molar-refractivity contribution >= 4 is 10.8 Å². The second-order valence-corrected chi connectivity index (χ2v) is 4.35. The number of hydrogen-bond donors (Lipinski definition) is 0. The van der Waals surface area contributed by atoms with Gasteiger partial charge in [-0.15, -0.1) is 0 Å². The molecule has 2 rings (SSSR count). The van der Waals surface area contributed by atoms with Crippen LogP contribution < -0.4 is 0 Å². The van der Waals surface area contributed by atoms with Crippen LogP contribution in [0.25, 0.3) is 10.8 Å². The molecule has 0 spiro atoms. The lowest BCUT2D eigenvalue weighted by Gasteiger charge is -2.09. The number of rotatable bonds is 2. The van der Waals surface area contributed by atoms with Gasteiger partial charge in [-0.1, -0.05) is 44.2 Å². The average molecular weight is 202 g/mol. The molecule has 0 N–H and O–H groups in total. The van der Waals surface area contributed by atoms with Gasteiger partial charge in [0.2, 0.25) is 0 Å². The van der Waals surface area contributed by atoms with Crippen molar-refractivity contribution in [3.05, 3.63) is 47.8 Å². The van der Waals surface area contributed by atoms with Gasteiger partial charge in [-0.2, -0.15) is 0 Å². The molecule has 0 amide bonds. The summed E-state index contributed by atoms with van der Waals surface area (Å²) >= 11 is 0. The zero-order chi connectivity index (χ0) is 10.8. The number of fused-ring (bicyclic) bond motifs is 1. The summed E-state index contributed by atoms with van der Waals surface area (Å²) in [6.07, 6.45) is 1.00. The third-order valence-electron chi connectivity index (χ3n) is 2.59. The Labute approximate surface area is 89.7 Å². The van der Waals surface area contributed by atoms with Crippen LogP contribution in [0, 0.1) is 11.7 Å². The van der Waals surface area contributed by atoms with Crippen molar-refractivity contribution in [2.75, 3.05) is 0 Å². The minimum atomic E-state index is -0.127. The van der Waals surface area contributed by atoms with Crippen molar-refractivity contribution in [3.8, 4) is 0 Å². The third-order valence-corrected chi connectivity index (χ3v) is 2.59. The zero-order valence-corrected chi connectivity index (χ0v) is 9.13. The maximum atomic E-state index is 13.5. The van der Waals surface area contributed by atoms with Crippen LogP contribution in [0.3, 0.4) is 0 Å². The lowest BCUT2D eigenvalue weighted by molar-refractivity contribution is 0.633. The van der Waals surface area contributed by atoms with Crippen LogP contribution in [0.2, 0.25) is 0 Å². The molecule has 0 fully saturated rings. The fraction of sp³-hybridized carbons (Fsp3) is 0.286. The topological polar surface area (TPSA) is 0 Å². The van der Waals surface area contributed by atoms with Gasteiger partial charge in [-0.05, 0) is 29.4 Å². The molecule has 0 saturated carbocycles. The molecule has 0 aliphatic carbocycles. The normalized spacial score (nSPS) is 11.2. The second kappa shape index (κ2) is 4.01. The molecule has 2 aromatic rings. The van der Waals surface area contributed by atoms with Crippen LogP contribution in [-0.4, -0.2) is 0 Å². The van der Waals surface area contributed by atoms with Crippen LogP contribution >= 0.6 is 0 Å². The maximum Gasteiger partial charge on any atom is 0.131 e. The summed E-state index contributed by atoms with van der Waals surface area (Å²) < 4.78 is 13.5. The molecule has 0 nitrogen and oxygen atoms in total. The monoisotopic (exact) mass is 202 g/mol. The Hall–Kier alpha value is -1.37. The Morgan fingerprint density at radius 2 is 1.67 bits per heavy atom. The van der Waals surface area contributed by atoms with E-state index in [-0.39, 0.29) is 5.82 Å². The third kappa shape index (κ3) is 2.01. The molecule has 78 valence electrons. The summed E-state index contributed by atoms with van der Waals surface area (Å²) in [5.74, 6) is 0.469. The van der Waals surface area contributed by atoms with Gasteiger partial charge in [0.05, 0.1) is 0 Å². The summed E-state index contributed by atoms with van der Waals surface area (Å²) in [4.78, 5) is 0. The second-order valence-electron chi connectivity index (χ2n) is 4.35. The smallest absolute Gasteiger partial charge is 0.131 e. The van der Waals surface area contributed by atoms with Gasteiger partial charge in [0.15, 0.2) is 0 Å². The van der Waals surface area contributed by atoms with Gasteiger partial charge in [0, 0.05) is 5.39 Å². The standard InChI is InChI=1S/C14H15F/c1-10(2)9-11-7-8-14(15)13-6-4-3-5-12(11)13/h3-8,10H,9H2,1-2H3. The molecule has 0 atom stereocenters. The molecule has 0 aromatic heterocycles. The van der Waals surface area contributed by atoms with Crippen LogP contribution in [0.15, 0.2) is 36.4 Å². The first-order chi connectivity index (χ1) is 7.18. The van der Waals surface area contributed by atoms with E-state index in [4.69, 9.17) is 0 Å². The molecule has 0 bridgehead atoms. The molecule has 0 saturated heterocycles. The van der Waals surface area contributed by atoms with Gasteiger partial charge in [0.25, 0.3) is 0 Å². The van der Waals surface area contributed by atoms with E-state index < -0.39 is 0 Å². The fourth-order valence-electron chi connectivity index (χ4n) is 1.94. The molecule has 1 heteroatoms. The minimum Gasteiger partial charge on any atom is -0.206 e. The molecule has 15 heavy (non-hydrogen) atoms. The van der Waals surface area contributed by atoms with E-state index in [0.717, 1.165) is 17.2 Å². The molecule has 0 heterocycles. The Bertz CT molecular complexity index is 472. The highest BCUT2D eigenvalue weighted by Crippen LogP contribution is 2.23. The van der Waals surface area contributed by atoms with E-state index in [1.165, 1.54) is 5.56 Å². The van der Waals surface area contributed by atoms with Gasteiger partial charge in [-0.3, -0.25) is 0 Å². The zero-order valence-electron chi connectivity index (χ0n) is 9.13. The summed E-state index contributed by atoms with van der Waals surface area (Å²) in [5.41, 5.74) is 1.24. The quantitative estimate of drug-likeness (QED) is 0.685. The first-order valence-corrected chi connectivity index (χ1v) is 5.34. The molecular weight excluding hydrogens is 187 g/mol. The van der Waals surface area contributed by atoms with Crippen molar-refractivity contribution in [1.29, 1.82) is 0 Å². The Morgan fingerprint density at radius 3 is 2.33 bits per heavy atom. The Balaban J connectivity index is 2.61. The van der Waals surface area contributed by atoms with E-state index in [2.05, 4.69) is 13.8 Å². The van der Waals surface area contributed by atoms with E-state index in [0.29, 0.717) is 5.92 Å². The van der Waals surface area contributed by atoms with E-state index in [9.17, 15) is 4.39 Å². The van der Waals surface area contributed by atoms with Crippen LogP contribution in [0.1, 0.15) is 19.4 Å². The molecule has 2 aromatic carbocycles. The summed E-state index contributed by atoms with van der Waals surface area (Å²) in [6.45, 7) is 4.36. The van der Waals surface area contributed by atoms with Gasteiger partial charge >= 0.3 is 0 Å². The highest BCUT2D eigenvalue weighted by atomic mass is 19.1. The molecular formula is C14H15F. The molecule has 0 unspecified atom stereocenters. The van der Waals surface area contributed by atoms with E-state index >= 15 is 0 Å². The highest BCUT2D eigenvalue weighted by Gasteiger charge is 2.06. The van der Waals surface area contributed by atoms with Crippen molar-refractivity contribution < 1.29 is 4.39 Å². The summed E-state index contributed by atoms with van der Waals surface area (Å²) in [7, 11) is 0. The van der Waals surface area contributed by atoms with Gasteiger partial charge < -0.3 is 0 Å². The predicted octanol–water partition coefficient (Wildman–Crippen LogP) is 4.18. The number of benzene rings is 2.